The average molecular weight is 227 g/mol. The molecule has 7 heteroatoms. The summed E-state index contributed by atoms with van der Waals surface area (Å²) in [5.74, 6) is 5.02. The van der Waals surface area contributed by atoms with Crippen molar-refractivity contribution < 1.29 is 9.59 Å². The number of guanidine groups is 1. The maximum absolute atomic E-state index is 11.4. The summed E-state index contributed by atoms with van der Waals surface area (Å²) in [6.07, 6.45) is 0.869. The van der Waals surface area contributed by atoms with Crippen LogP contribution in [0.4, 0.5) is 0 Å². The number of piperazine rings is 1. The van der Waals surface area contributed by atoms with Crippen molar-refractivity contribution in [3.63, 3.8) is 0 Å². The minimum absolute atomic E-state index is 0.0830. The Balaban J connectivity index is 2.82. The maximum Gasteiger partial charge on any atom is 0.249 e. The second-order valence-corrected chi connectivity index (χ2v) is 3.57. The van der Waals surface area contributed by atoms with Gasteiger partial charge in [-0.05, 0) is 13.3 Å². The quantitative estimate of drug-likeness (QED) is 0.176. The fourth-order valence-electron chi connectivity index (χ4n) is 1.41. The Morgan fingerprint density at radius 1 is 1.69 bits per heavy atom. The fraction of sp³-hybridized carbons (Fsp3) is 0.667. The predicted octanol–water partition coefficient (Wildman–Crippen LogP) is -1.44. The number of nitrogens with one attached hydrogen (secondary N) is 2. The van der Waals surface area contributed by atoms with Gasteiger partial charge in [0.25, 0.3) is 0 Å². The summed E-state index contributed by atoms with van der Waals surface area (Å²) in [6.45, 7) is 4.36. The van der Waals surface area contributed by atoms with Crippen molar-refractivity contribution in [1.29, 1.82) is 0 Å². The zero-order valence-corrected chi connectivity index (χ0v) is 9.49. The SMILES string of the molecule is CCCN=C(NN)N1CC(=O)NC(=O)C1C. The zero-order valence-electron chi connectivity index (χ0n) is 9.49. The van der Waals surface area contributed by atoms with Crippen LogP contribution in [0.5, 0.6) is 0 Å². The van der Waals surface area contributed by atoms with Gasteiger partial charge in [-0.2, -0.15) is 0 Å². The van der Waals surface area contributed by atoms with Gasteiger partial charge < -0.3 is 4.90 Å². The van der Waals surface area contributed by atoms with Crippen LogP contribution >= 0.6 is 0 Å². The summed E-state index contributed by atoms with van der Waals surface area (Å²) in [5.41, 5.74) is 2.42. The third-order valence-corrected chi connectivity index (χ3v) is 2.31. The van der Waals surface area contributed by atoms with E-state index < -0.39 is 6.04 Å². The number of imide groups is 1. The number of nitrogens with zero attached hydrogens (tertiary/aromatic N) is 2. The van der Waals surface area contributed by atoms with Gasteiger partial charge in [-0.25, -0.2) is 5.84 Å². The first-order valence-corrected chi connectivity index (χ1v) is 5.21. The van der Waals surface area contributed by atoms with E-state index in [-0.39, 0.29) is 18.4 Å². The van der Waals surface area contributed by atoms with Gasteiger partial charge in [0.1, 0.15) is 12.6 Å². The molecule has 1 unspecified atom stereocenters. The number of rotatable bonds is 2. The molecule has 0 aromatic rings. The molecule has 0 aromatic heterocycles. The summed E-state index contributed by atoms with van der Waals surface area (Å²) in [5, 5.41) is 2.25. The number of amides is 2. The van der Waals surface area contributed by atoms with Crippen molar-refractivity contribution >= 4 is 17.8 Å². The number of aliphatic imine (C=N–C) groups is 1. The Morgan fingerprint density at radius 2 is 2.38 bits per heavy atom. The molecule has 1 atom stereocenters. The van der Waals surface area contributed by atoms with Crippen molar-refractivity contribution in [3.8, 4) is 0 Å². The van der Waals surface area contributed by atoms with Crippen molar-refractivity contribution in [2.75, 3.05) is 13.1 Å². The number of carbonyl (C=O) groups excluding carboxylic acids is 2. The Labute approximate surface area is 94.0 Å². The lowest BCUT2D eigenvalue weighted by atomic mass is 10.2. The van der Waals surface area contributed by atoms with Crippen LogP contribution in [0.2, 0.25) is 0 Å². The Hall–Kier alpha value is -1.63. The fourth-order valence-corrected chi connectivity index (χ4v) is 1.41. The van der Waals surface area contributed by atoms with Crippen LogP contribution in [-0.4, -0.2) is 41.8 Å². The average Bonchev–Trinajstić information content (AvgIpc) is 2.25. The standard InChI is InChI=1S/C9H17N5O2/c1-3-4-11-9(13-10)14-5-7(15)12-8(16)6(14)2/h6H,3-5,10H2,1-2H3,(H,11,13)(H,12,15,16). The normalized spacial score (nSPS) is 22.1. The molecule has 1 aliphatic heterocycles. The first kappa shape index (κ1) is 12.4. The van der Waals surface area contributed by atoms with Gasteiger partial charge in [0.15, 0.2) is 0 Å². The van der Waals surface area contributed by atoms with Crippen LogP contribution in [0.3, 0.4) is 0 Å². The van der Waals surface area contributed by atoms with E-state index in [1.54, 1.807) is 11.8 Å². The third kappa shape index (κ3) is 2.69. The minimum atomic E-state index is -0.454. The van der Waals surface area contributed by atoms with Crippen LogP contribution in [0, 0.1) is 0 Å². The first-order valence-electron chi connectivity index (χ1n) is 5.21. The Bertz CT molecular complexity index is 315. The minimum Gasteiger partial charge on any atom is -0.321 e. The molecule has 0 aliphatic carbocycles. The van der Waals surface area contributed by atoms with E-state index >= 15 is 0 Å². The van der Waals surface area contributed by atoms with Gasteiger partial charge in [0, 0.05) is 6.54 Å². The van der Waals surface area contributed by atoms with E-state index in [0.717, 1.165) is 6.42 Å². The van der Waals surface area contributed by atoms with Crippen LogP contribution in [0.1, 0.15) is 20.3 Å². The van der Waals surface area contributed by atoms with Gasteiger partial charge in [-0.15, -0.1) is 0 Å². The van der Waals surface area contributed by atoms with Gasteiger partial charge in [0.05, 0.1) is 0 Å². The van der Waals surface area contributed by atoms with Gasteiger partial charge in [-0.3, -0.25) is 25.3 Å². The Kier molecular flexibility index (Phi) is 4.24. The molecule has 2 amide bonds. The first-order chi connectivity index (χ1) is 7.60. The van der Waals surface area contributed by atoms with Gasteiger partial charge in [-0.1, -0.05) is 6.92 Å². The van der Waals surface area contributed by atoms with E-state index in [1.807, 2.05) is 6.92 Å². The number of carbonyl (C=O) groups is 2. The number of hydrazine groups is 1. The molecule has 1 saturated heterocycles. The number of hydrogen-bond donors (Lipinski definition) is 3. The van der Waals surface area contributed by atoms with Gasteiger partial charge in [0.2, 0.25) is 17.8 Å². The largest absolute Gasteiger partial charge is 0.321 e. The molecule has 1 aliphatic rings. The van der Waals surface area contributed by atoms with Crippen LogP contribution in [0.25, 0.3) is 0 Å². The molecule has 16 heavy (non-hydrogen) atoms. The highest BCUT2D eigenvalue weighted by molar-refractivity contribution is 6.04. The number of nitrogens with two attached hydrogens (primary N) is 1. The highest BCUT2D eigenvalue weighted by Crippen LogP contribution is 2.04. The smallest absolute Gasteiger partial charge is 0.249 e. The van der Waals surface area contributed by atoms with Crippen LogP contribution in [-0.2, 0) is 9.59 Å². The molecule has 1 heterocycles. The van der Waals surface area contributed by atoms with Crippen molar-refractivity contribution in [2.45, 2.75) is 26.3 Å². The molecule has 7 nitrogen and oxygen atoms in total. The lowest BCUT2D eigenvalue weighted by molar-refractivity contribution is -0.137. The molecule has 90 valence electrons. The molecule has 1 rings (SSSR count). The lowest BCUT2D eigenvalue weighted by Gasteiger charge is -2.33. The van der Waals surface area contributed by atoms with E-state index in [1.165, 1.54) is 0 Å². The zero-order chi connectivity index (χ0) is 12.1. The van der Waals surface area contributed by atoms with Crippen molar-refractivity contribution in [3.05, 3.63) is 0 Å². The van der Waals surface area contributed by atoms with E-state index in [9.17, 15) is 9.59 Å². The highest BCUT2D eigenvalue weighted by Gasteiger charge is 2.32. The summed E-state index contributed by atoms with van der Waals surface area (Å²) >= 11 is 0. The molecule has 0 bridgehead atoms. The van der Waals surface area contributed by atoms with E-state index in [2.05, 4.69) is 15.7 Å². The topological polar surface area (TPSA) is 99.8 Å². The molecule has 4 N–H and O–H groups in total. The summed E-state index contributed by atoms with van der Waals surface area (Å²) in [4.78, 5) is 28.4. The number of hydrogen-bond acceptors (Lipinski definition) is 4. The van der Waals surface area contributed by atoms with Crippen LogP contribution < -0.4 is 16.6 Å². The predicted molar refractivity (Wildman–Crippen MR) is 59.2 cm³/mol. The molecule has 0 radical (unpaired) electrons. The molecular weight excluding hydrogens is 210 g/mol. The summed E-state index contributed by atoms with van der Waals surface area (Å²) < 4.78 is 0. The van der Waals surface area contributed by atoms with Gasteiger partial charge >= 0.3 is 0 Å². The second-order valence-electron chi connectivity index (χ2n) is 3.57. The molecule has 1 fully saturated rings. The summed E-state index contributed by atoms with van der Waals surface area (Å²) in [6, 6.07) is -0.454. The molecule has 0 saturated carbocycles. The molecule has 0 aromatic carbocycles. The van der Waals surface area contributed by atoms with Crippen molar-refractivity contribution in [2.24, 2.45) is 10.8 Å². The van der Waals surface area contributed by atoms with Crippen LogP contribution in [0.15, 0.2) is 4.99 Å². The molecular formula is C9H17N5O2. The monoisotopic (exact) mass is 227 g/mol. The highest BCUT2D eigenvalue weighted by atomic mass is 16.2. The van der Waals surface area contributed by atoms with E-state index in [4.69, 9.17) is 5.84 Å². The summed E-state index contributed by atoms with van der Waals surface area (Å²) in [7, 11) is 0. The Morgan fingerprint density at radius 3 is 2.94 bits per heavy atom. The molecule has 0 spiro atoms. The lowest BCUT2D eigenvalue weighted by Crippen LogP contribution is -2.61. The van der Waals surface area contributed by atoms with Crippen molar-refractivity contribution in [1.82, 2.24) is 15.6 Å². The van der Waals surface area contributed by atoms with E-state index in [0.29, 0.717) is 12.5 Å². The maximum atomic E-state index is 11.4. The third-order valence-electron chi connectivity index (χ3n) is 2.31. The second kappa shape index (κ2) is 5.45.